The van der Waals surface area contributed by atoms with Crippen LogP contribution in [0.3, 0.4) is 0 Å². The molecular formula is C16H13N3O2. The Morgan fingerprint density at radius 1 is 1.10 bits per heavy atom. The molecule has 1 aliphatic carbocycles. The zero-order valence-electron chi connectivity index (χ0n) is 11.2. The average Bonchev–Trinajstić information content (AvgIpc) is 3.24. The molecule has 1 saturated carbocycles. The van der Waals surface area contributed by atoms with Crippen LogP contribution < -0.4 is 0 Å². The van der Waals surface area contributed by atoms with E-state index in [1.807, 2.05) is 28.8 Å². The van der Waals surface area contributed by atoms with Crippen LogP contribution in [-0.2, 0) is 0 Å². The Balaban J connectivity index is 1.90. The number of rotatable bonds is 3. The number of fused-ring (bicyclic) bond motifs is 1. The number of carbonyl (C=O) groups is 1. The summed E-state index contributed by atoms with van der Waals surface area (Å²) in [6, 6.07) is 9.70. The quantitative estimate of drug-likeness (QED) is 0.799. The highest BCUT2D eigenvalue weighted by atomic mass is 16.4. The van der Waals surface area contributed by atoms with Gasteiger partial charge in [-0.25, -0.2) is 4.79 Å². The van der Waals surface area contributed by atoms with E-state index in [9.17, 15) is 9.90 Å². The first kappa shape index (κ1) is 12.1. The van der Waals surface area contributed by atoms with Crippen molar-refractivity contribution in [3.05, 3.63) is 48.4 Å². The number of hydrogen-bond acceptors (Lipinski definition) is 3. The van der Waals surface area contributed by atoms with Gasteiger partial charge in [-0.2, -0.15) is 0 Å². The fourth-order valence-corrected chi connectivity index (χ4v) is 2.71. The second-order valence-corrected chi connectivity index (χ2v) is 5.27. The van der Waals surface area contributed by atoms with Gasteiger partial charge in [-0.05, 0) is 37.1 Å². The van der Waals surface area contributed by atoms with Gasteiger partial charge in [0.05, 0.1) is 11.0 Å². The van der Waals surface area contributed by atoms with Crippen LogP contribution in [0.15, 0.2) is 42.7 Å². The second-order valence-electron chi connectivity index (χ2n) is 5.27. The standard InChI is InChI=1S/C16H13N3O2/c20-16(21)15-6-5-14(19(15)11-2-3-11)10-1-4-12-13(9-10)18-8-7-17-12/h1,4-9,11H,2-3H2,(H,20,21). The maximum Gasteiger partial charge on any atom is 0.352 e. The summed E-state index contributed by atoms with van der Waals surface area (Å²) in [5.41, 5.74) is 3.91. The average molecular weight is 279 g/mol. The Labute approximate surface area is 120 Å². The van der Waals surface area contributed by atoms with Gasteiger partial charge in [0.25, 0.3) is 0 Å². The van der Waals surface area contributed by atoms with Crippen LogP contribution in [0.2, 0.25) is 0 Å². The van der Waals surface area contributed by atoms with Gasteiger partial charge in [-0.1, -0.05) is 6.07 Å². The first-order chi connectivity index (χ1) is 10.2. The Bertz CT molecular complexity index is 850. The molecule has 5 nitrogen and oxygen atoms in total. The van der Waals surface area contributed by atoms with Crippen molar-refractivity contribution in [2.75, 3.05) is 0 Å². The van der Waals surface area contributed by atoms with Gasteiger partial charge in [0.1, 0.15) is 5.69 Å². The van der Waals surface area contributed by atoms with E-state index in [4.69, 9.17) is 0 Å². The van der Waals surface area contributed by atoms with Gasteiger partial charge < -0.3 is 9.67 Å². The Kier molecular flexibility index (Phi) is 2.54. The molecule has 0 bridgehead atoms. The molecule has 0 saturated heterocycles. The van der Waals surface area contributed by atoms with E-state index in [0.717, 1.165) is 35.1 Å². The largest absolute Gasteiger partial charge is 0.477 e. The number of carboxylic acid groups (broad SMARTS) is 1. The second kappa shape index (κ2) is 4.41. The maximum atomic E-state index is 11.4. The maximum absolute atomic E-state index is 11.4. The minimum absolute atomic E-state index is 0.304. The van der Waals surface area contributed by atoms with Crippen molar-refractivity contribution >= 4 is 17.0 Å². The molecule has 0 unspecified atom stereocenters. The highest BCUT2D eigenvalue weighted by molar-refractivity contribution is 5.88. The molecule has 0 amide bonds. The molecule has 5 heteroatoms. The van der Waals surface area contributed by atoms with Gasteiger partial charge in [0, 0.05) is 29.7 Å². The molecule has 4 rings (SSSR count). The summed E-state index contributed by atoms with van der Waals surface area (Å²) in [7, 11) is 0. The molecule has 0 aliphatic heterocycles. The number of hydrogen-bond donors (Lipinski definition) is 1. The van der Waals surface area contributed by atoms with Crippen LogP contribution in [0.25, 0.3) is 22.3 Å². The van der Waals surface area contributed by atoms with Crippen LogP contribution >= 0.6 is 0 Å². The minimum atomic E-state index is -0.881. The molecule has 2 aromatic heterocycles. The molecule has 1 fully saturated rings. The van der Waals surface area contributed by atoms with E-state index in [2.05, 4.69) is 9.97 Å². The smallest absolute Gasteiger partial charge is 0.352 e. The summed E-state index contributed by atoms with van der Waals surface area (Å²) in [5.74, 6) is -0.881. The molecule has 0 spiro atoms. The fourth-order valence-electron chi connectivity index (χ4n) is 2.71. The summed E-state index contributed by atoms with van der Waals surface area (Å²) >= 11 is 0. The molecule has 1 aliphatic rings. The van der Waals surface area contributed by atoms with E-state index >= 15 is 0 Å². The van der Waals surface area contributed by atoms with Crippen molar-refractivity contribution in [1.82, 2.24) is 14.5 Å². The number of aromatic carboxylic acids is 1. The zero-order chi connectivity index (χ0) is 14.4. The summed E-state index contributed by atoms with van der Waals surface area (Å²) in [6.07, 6.45) is 5.40. The number of benzene rings is 1. The van der Waals surface area contributed by atoms with E-state index in [1.165, 1.54) is 0 Å². The summed E-state index contributed by atoms with van der Waals surface area (Å²) in [6.45, 7) is 0. The van der Waals surface area contributed by atoms with Crippen molar-refractivity contribution < 1.29 is 9.90 Å². The highest BCUT2D eigenvalue weighted by Crippen LogP contribution is 2.40. The van der Waals surface area contributed by atoms with Crippen LogP contribution in [0.5, 0.6) is 0 Å². The monoisotopic (exact) mass is 279 g/mol. The van der Waals surface area contributed by atoms with Gasteiger partial charge in [-0.15, -0.1) is 0 Å². The first-order valence-corrected chi connectivity index (χ1v) is 6.90. The third-order valence-corrected chi connectivity index (χ3v) is 3.81. The van der Waals surface area contributed by atoms with Gasteiger partial charge >= 0.3 is 5.97 Å². The summed E-state index contributed by atoms with van der Waals surface area (Å²) in [4.78, 5) is 19.9. The summed E-state index contributed by atoms with van der Waals surface area (Å²) in [5, 5.41) is 9.33. The van der Waals surface area contributed by atoms with Crippen LogP contribution in [-0.4, -0.2) is 25.6 Å². The summed E-state index contributed by atoms with van der Waals surface area (Å²) < 4.78 is 1.93. The van der Waals surface area contributed by atoms with Gasteiger partial charge in [0.15, 0.2) is 0 Å². The minimum Gasteiger partial charge on any atom is -0.477 e. The lowest BCUT2D eigenvalue weighted by molar-refractivity contribution is 0.0685. The van der Waals surface area contributed by atoms with Gasteiger partial charge in [-0.3, -0.25) is 9.97 Å². The predicted molar refractivity (Wildman–Crippen MR) is 78.2 cm³/mol. The van der Waals surface area contributed by atoms with Crippen LogP contribution in [0.1, 0.15) is 29.4 Å². The molecule has 1 N–H and O–H groups in total. The number of aromatic nitrogens is 3. The highest BCUT2D eigenvalue weighted by Gasteiger charge is 2.29. The fraction of sp³-hybridized carbons (Fsp3) is 0.188. The topological polar surface area (TPSA) is 68.0 Å². The SMILES string of the molecule is O=C(O)c1ccc(-c2ccc3nccnc3c2)n1C1CC1. The Hall–Kier alpha value is -2.69. The molecular weight excluding hydrogens is 266 g/mol. The lowest BCUT2D eigenvalue weighted by Gasteiger charge is -2.11. The molecule has 104 valence electrons. The lowest BCUT2D eigenvalue weighted by Crippen LogP contribution is -2.08. The first-order valence-electron chi connectivity index (χ1n) is 6.90. The van der Waals surface area contributed by atoms with Gasteiger partial charge in [0.2, 0.25) is 0 Å². The lowest BCUT2D eigenvalue weighted by atomic mass is 10.1. The predicted octanol–water partition coefficient (Wildman–Crippen LogP) is 3.13. The third-order valence-electron chi connectivity index (χ3n) is 3.81. The van der Waals surface area contributed by atoms with Crippen LogP contribution in [0.4, 0.5) is 0 Å². The molecule has 0 radical (unpaired) electrons. The molecule has 21 heavy (non-hydrogen) atoms. The van der Waals surface area contributed by atoms with Crippen molar-refractivity contribution in [1.29, 1.82) is 0 Å². The normalized spacial score (nSPS) is 14.5. The van der Waals surface area contributed by atoms with Crippen molar-refractivity contribution in [3.63, 3.8) is 0 Å². The van der Waals surface area contributed by atoms with Crippen molar-refractivity contribution in [3.8, 4) is 11.3 Å². The van der Waals surface area contributed by atoms with Crippen LogP contribution in [0, 0.1) is 0 Å². The van der Waals surface area contributed by atoms with E-state index < -0.39 is 5.97 Å². The molecule has 3 aromatic rings. The van der Waals surface area contributed by atoms with Crippen molar-refractivity contribution in [2.24, 2.45) is 0 Å². The number of carboxylic acids is 1. The third kappa shape index (κ3) is 1.98. The molecule has 1 aromatic carbocycles. The van der Waals surface area contributed by atoms with E-state index in [-0.39, 0.29) is 0 Å². The molecule has 2 heterocycles. The Morgan fingerprint density at radius 2 is 1.86 bits per heavy atom. The van der Waals surface area contributed by atoms with E-state index in [0.29, 0.717) is 11.7 Å². The number of nitrogens with zero attached hydrogens (tertiary/aromatic N) is 3. The van der Waals surface area contributed by atoms with E-state index in [1.54, 1.807) is 18.5 Å². The Morgan fingerprint density at radius 3 is 2.57 bits per heavy atom. The zero-order valence-corrected chi connectivity index (χ0v) is 11.2. The van der Waals surface area contributed by atoms with Crippen molar-refractivity contribution in [2.45, 2.75) is 18.9 Å². The molecule has 0 atom stereocenters.